The van der Waals surface area contributed by atoms with Gasteiger partial charge in [0.15, 0.2) is 0 Å². The highest BCUT2D eigenvalue weighted by molar-refractivity contribution is 5.80. The molecule has 0 heterocycles. The van der Waals surface area contributed by atoms with Gasteiger partial charge in [-0.1, -0.05) is 0 Å². The van der Waals surface area contributed by atoms with E-state index in [2.05, 4.69) is 5.32 Å². The summed E-state index contributed by atoms with van der Waals surface area (Å²) in [6.45, 7) is 3.91. The Bertz CT molecular complexity index is 146. The van der Waals surface area contributed by atoms with Crippen molar-refractivity contribution in [1.82, 2.24) is 10.2 Å². The number of rotatable bonds is 4. The average molecular weight is 174 g/mol. The minimum atomic E-state index is -0.414. The van der Waals surface area contributed by atoms with Crippen LogP contribution >= 0.6 is 0 Å². The second-order valence-electron chi connectivity index (χ2n) is 3.21. The van der Waals surface area contributed by atoms with Crippen molar-refractivity contribution in [1.29, 1.82) is 0 Å². The second kappa shape index (κ2) is 5.11. The van der Waals surface area contributed by atoms with Crippen LogP contribution in [-0.2, 0) is 4.79 Å². The number of aliphatic hydroxyl groups excluding tert-OH is 1. The number of nitrogens with zero attached hydrogens (tertiary/aromatic N) is 1. The zero-order valence-corrected chi connectivity index (χ0v) is 8.16. The van der Waals surface area contributed by atoms with Crippen LogP contribution in [0.2, 0.25) is 0 Å². The molecule has 0 aliphatic carbocycles. The molecule has 0 fully saturated rings. The topological polar surface area (TPSA) is 52.6 Å². The number of likely N-dealkylation sites (N-methyl/N-ethyl adjacent to an activating group) is 1. The van der Waals surface area contributed by atoms with Crippen molar-refractivity contribution < 1.29 is 9.90 Å². The predicted molar refractivity (Wildman–Crippen MR) is 47.8 cm³/mol. The molecule has 2 N–H and O–H groups in total. The Labute approximate surface area is 73.6 Å². The van der Waals surface area contributed by atoms with E-state index in [1.807, 2.05) is 0 Å². The normalized spacial score (nSPS) is 15.4. The van der Waals surface area contributed by atoms with Gasteiger partial charge in [-0.3, -0.25) is 4.79 Å². The van der Waals surface area contributed by atoms with E-state index in [4.69, 9.17) is 5.11 Å². The van der Waals surface area contributed by atoms with E-state index < -0.39 is 6.10 Å². The molecular weight excluding hydrogens is 156 g/mol. The Morgan fingerprint density at radius 3 is 2.33 bits per heavy atom. The van der Waals surface area contributed by atoms with E-state index in [1.165, 1.54) is 4.90 Å². The largest absolute Gasteiger partial charge is 0.392 e. The van der Waals surface area contributed by atoms with Gasteiger partial charge in [0.25, 0.3) is 0 Å². The fraction of sp³-hybridized carbons (Fsp3) is 0.875. The summed E-state index contributed by atoms with van der Waals surface area (Å²) in [6.07, 6.45) is -0.414. The number of carbonyl (C=O) groups excluding carboxylic acids is 1. The summed E-state index contributed by atoms with van der Waals surface area (Å²) in [5.41, 5.74) is 0. The summed E-state index contributed by atoms with van der Waals surface area (Å²) in [5, 5.41) is 11.9. The van der Waals surface area contributed by atoms with Crippen LogP contribution in [0.3, 0.4) is 0 Å². The molecule has 0 aliphatic rings. The van der Waals surface area contributed by atoms with Crippen LogP contribution in [0.4, 0.5) is 0 Å². The van der Waals surface area contributed by atoms with Gasteiger partial charge in [-0.05, 0) is 13.8 Å². The molecule has 0 aromatic carbocycles. The van der Waals surface area contributed by atoms with Gasteiger partial charge in [0, 0.05) is 20.6 Å². The van der Waals surface area contributed by atoms with Crippen LogP contribution in [0.15, 0.2) is 0 Å². The minimum absolute atomic E-state index is 0.0238. The summed E-state index contributed by atoms with van der Waals surface area (Å²) in [4.78, 5) is 12.8. The highest BCUT2D eigenvalue weighted by Crippen LogP contribution is 1.88. The third-order valence-electron chi connectivity index (χ3n) is 1.53. The standard InChI is InChI=1S/C8H18N2O2/c1-6(11)5-9-7(2)8(12)10(3)4/h6-7,9,11H,5H2,1-4H3/t6-,7?/m1/s1. The van der Waals surface area contributed by atoms with Crippen molar-refractivity contribution in [3.8, 4) is 0 Å². The van der Waals surface area contributed by atoms with Gasteiger partial charge in [-0.2, -0.15) is 0 Å². The van der Waals surface area contributed by atoms with Gasteiger partial charge >= 0.3 is 0 Å². The van der Waals surface area contributed by atoms with Crippen LogP contribution in [0.1, 0.15) is 13.8 Å². The van der Waals surface area contributed by atoms with Crippen LogP contribution in [0, 0.1) is 0 Å². The molecule has 0 spiro atoms. The van der Waals surface area contributed by atoms with Crippen molar-refractivity contribution in [2.45, 2.75) is 26.0 Å². The zero-order valence-electron chi connectivity index (χ0n) is 8.16. The molecule has 0 bridgehead atoms. The quantitative estimate of drug-likeness (QED) is 0.600. The molecule has 0 saturated heterocycles. The third kappa shape index (κ3) is 4.31. The SMILES string of the molecule is CC(NC[C@@H](C)O)C(=O)N(C)C. The molecule has 1 amide bonds. The first-order chi connectivity index (χ1) is 5.45. The Morgan fingerprint density at radius 1 is 1.50 bits per heavy atom. The first-order valence-electron chi connectivity index (χ1n) is 4.07. The molecule has 4 nitrogen and oxygen atoms in total. The highest BCUT2D eigenvalue weighted by Gasteiger charge is 2.13. The molecule has 12 heavy (non-hydrogen) atoms. The number of hydrogen-bond donors (Lipinski definition) is 2. The van der Waals surface area contributed by atoms with Crippen molar-refractivity contribution in [3.05, 3.63) is 0 Å². The van der Waals surface area contributed by atoms with Crippen molar-refractivity contribution in [2.75, 3.05) is 20.6 Å². The molecule has 72 valence electrons. The molecule has 0 rings (SSSR count). The molecule has 1 unspecified atom stereocenters. The lowest BCUT2D eigenvalue weighted by Gasteiger charge is -2.18. The molecular formula is C8H18N2O2. The lowest BCUT2D eigenvalue weighted by molar-refractivity contribution is -0.130. The summed E-state index contributed by atoms with van der Waals surface area (Å²) < 4.78 is 0. The first-order valence-corrected chi connectivity index (χ1v) is 4.07. The van der Waals surface area contributed by atoms with E-state index in [0.717, 1.165) is 0 Å². The van der Waals surface area contributed by atoms with Gasteiger partial charge in [-0.25, -0.2) is 0 Å². The number of carbonyl (C=O) groups is 1. The van der Waals surface area contributed by atoms with E-state index in [0.29, 0.717) is 6.54 Å². The van der Waals surface area contributed by atoms with Gasteiger partial charge in [0.05, 0.1) is 12.1 Å². The monoisotopic (exact) mass is 174 g/mol. The van der Waals surface area contributed by atoms with Crippen molar-refractivity contribution in [2.24, 2.45) is 0 Å². The van der Waals surface area contributed by atoms with Gasteiger partial charge in [0.1, 0.15) is 0 Å². The summed E-state index contributed by atoms with van der Waals surface area (Å²) in [5.74, 6) is 0.0238. The van der Waals surface area contributed by atoms with Crippen LogP contribution in [0.25, 0.3) is 0 Å². The first kappa shape index (κ1) is 11.4. The van der Waals surface area contributed by atoms with Gasteiger partial charge in [-0.15, -0.1) is 0 Å². The number of amides is 1. The van der Waals surface area contributed by atoms with E-state index in [9.17, 15) is 4.79 Å². The molecule has 4 heteroatoms. The van der Waals surface area contributed by atoms with Crippen LogP contribution in [0.5, 0.6) is 0 Å². The lowest BCUT2D eigenvalue weighted by atomic mass is 10.3. The molecule has 2 atom stereocenters. The zero-order chi connectivity index (χ0) is 9.72. The lowest BCUT2D eigenvalue weighted by Crippen LogP contribution is -2.43. The maximum Gasteiger partial charge on any atom is 0.238 e. The van der Waals surface area contributed by atoms with Crippen LogP contribution < -0.4 is 5.32 Å². The molecule has 0 aromatic rings. The highest BCUT2D eigenvalue weighted by atomic mass is 16.3. The second-order valence-corrected chi connectivity index (χ2v) is 3.21. The fourth-order valence-corrected chi connectivity index (χ4v) is 0.822. The summed E-state index contributed by atoms with van der Waals surface area (Å²) in [7, 11) is 3.42. The predicted octanol–water partition coefficient (Wildman–Crippen LogP) is -0.566. The minimum Gasteiger partial charge on any atom is -0.392 e. The smallest absolute Gasteiger partial charge is 0.238 e. The van der Waals surface area contributed by atoms with E-state index in [-0.39, 0.29) is 11.9 Å². The number of nitrogens with one attached hydrogen (secondary N) is 1. The Kier molecular flexibility index (Phi) is 4.85. The molecule has 0 radical (unpaired) electrons. The van der Waals surface area contributed by atoms with Gasteiger partial charge in [0.2, 0.25) is 5.91 Å². The summed E-state index contributed by atoms with van der Waals surface area (Å²) >= 11 is 0. The van der Waals surface area contributed by atoms with E-state index >= 15 is 0 Å². The van der Waals surface area contributed by atoms with Crippen molar-refractivity contribution >= 4 is 5.91 Å². The average Bonchev–Trinajstić information content (AvgIpc) is 1.98. The maximum absolute atomic E-state index is 11.2. The Balaban J connectivity index is 3.72. The fourth-order valence-electron chi connectivity index (χ4n) is 0.822. The van der Waals surface area contributed by atoms with E-state index in [1.54, 1.807) is 27.9 Å². The Morgan fingerprint density at radius 2 is 2.00 bits per heavy atom. The Hall–Kier alpha value is -0.610. The molecule has 0 saturated carbocycles. The third-order valence-corrected chi connectivity index (χ3v) is 1.53. The maximum atomic E-state index is 11.2. The van der Waals surface area contributed by atoms with Gasteiger partial charge < -0.3 is 15.3 Å². The molecule has 0 aromatic heterocycles. The summed E-state index contributed by atoms with van der Waals surface area (Å²) in [6, 6.07) is -0.227. The van der Waals surface area contributed by atoms with Crippen molar-refractivity contribution in [3.63, 3.8) is 0 Å². The number of aliphatic hydroxyl groups is 1. The molecule has 0 aliphatic heterocycles. The number of hydrogen-bond acceptors (Lipinski definition) is 3. The van der Waals surface area contributed by atoms with Crippen LogP contribution in [-0.4, -0.2) is 48.7 Å².